The van der Waals surface area contributed by atoms with Gasteiger partial charge < -0.3 is 5.73 Å². The summed E-state index contributed by atoms with van der Waals surface area (Å²) in [6, 6.07) is 2.52. The zero-order valence-electron chi connectivity index (χ0n) is 9.26. The summed E-state index contributed by atoms with van der Waals surface area (Å²) in [5, 5.41) is 0. The Balaban J connectivity index is 3.05. The van der Waals surface area contributed by atoms with Crippen molar-refractivity contribution in [2.24, 2.45) is 5.73 Å². The second kappa shape index (κ2) is 5.63. The molecule has 0 aromatic carbocycles. The maximum Gasteiger partial charge on any atom is 0.402 e. The number of alkyl halides is 3. The minimum atomic E-state index is -4.62. The van der Waals surface area contributed by atoms with Crippen LogP contribution >= 0.6 is 0 Å². The number of nitrogens with zero attached hydrogens (tertiary/aromatic N) is 2. The van der Waals surface area contributed by atoms with E-state index in [0.29, 0.717) is 4.31 Å². The quantitative estimate of drug-likeness (QED) is 0.858. The molecule has 1 aromatic rings. The molecule has 0 bridgehead atoms. The highest BCUT2D eigenvalue weighted by Crippen LogP contribution is 2.21. The van der Waals surface area contributed by atoms with Gasteiger partial charge in [-0.2, -0.15) is 17.5 Å². The van der Waals surface area contributed by atoms with Gasteiger partial charge in [-0.05, 0) is 12.1 Å². The first-order valence-electron chi connectivity index (χ1n) is 4.94. The van der Waals surface area contributed by atoms with E-state index in [1.54, 1.807) is 0 Å². The van der Waals surface area contributed by atoms with Crippen molar-refractivity contribution >= 4 is 10.0 Å². The number of nitrogens with two attached hydrogens (primary N) is 1. The minimum Gasteiger partial charge on any atom is -0.329 e. The molecule has 0 aliphatic rings. The number of halogens is 3. The molecule has 1 heterocycles. The number of hydrogen-bond donors (Lipinski definition) is 1. The highest BCUT2D eigenvalue weighted by molar-refractivity contribution is 7.89. The largest absolute Gasteiger partial charge is 0.402 e. The van der Waals surface area contributed by atoms with Gasteiger partial charge in [-0.15, -0.1) is 0 Å². The van der Waals surface area contributed by atoms with E-state index in [2.05, 4.69) is 4.98 Å². The van der Waals surface area contributed by atoms with E-state index in [-0.39, 0.29) is 11.4 Å². The zero-order valence-corrected chi connectivity index (χ0v) is 10.1. The standard InChI is InChI=1S/C9H12F3N3O2S/c10-9(11,12)7-15(5-3-13)18(16,17)8-2-1-4-14-6-8/h1-2,4,6H,3,5,7,13H2. The molecule has 0 saturated carbocycles. The highest BCUT2D eigenvalue weighted by atomic mass is 32.2. The normalized spacial score (nSPS) is 12.9. The van der Waals surface area contributed by atoms with Crippen LogP contribution in [0.3, 0.4) is 0 Å². The number of aromatic nitrogens is 1. The maximum atomic E-state index is 12.3. The van der Waals surface area contributed by atoms with E-state index >= 15 is 0 Å². The highest BCUT2D eigenvalue weighted by Gasteiger charge is 2.36. The Bertz CT molecular complexity index is 476. The average molecular weight is 283 g/mol. The van der Waals surface area contributed by atoms with Gasteiger partial charge in [-0.25, -0.2) is 8.42 Å². The lowest BCUT2D eigenvalue weighted by molar-refractivity contribution is -0.136. The van der Waals surface area contributed by atoms with Crippen LogP contribution in [0.1, 0.15) is 0 Å². The summed E-state index contributed by atoms with van der Waals surface area (Å²) in [5.41, 5.74) is 5.13. The van der Waals surface area contributed by atoms with Gasteiger partial charge in [0.2, 0.25) is 10.0 Å². The minimum absolute atomic E-state index is 0.199. The summed E-state index contributed by atoms with van der Waals surface area (Å²) >= 11 is 0. The van der Waals surface area contributed by atoms with Crippen molar-refractivity contribution in [1.82, 2.24) is 9.29 Å². The van der Waals surface area contributed by atoms with Crippen molar-refractivity contribution in [3.05, 3.63) is 24.5 Å². The summed E-state index contributed by atoms with van der Waals surface area (Å²) in [5.74, 6) is 0. The molecule has 0 radical (unpaired) electrons. The third kappa shape index (κ3) is 3.93. The van der Waals surface area contributed by atoms with Gasteiger partial charge in [-0.1, -0.05) is 0 Å². The van der Waals surface area contributed by atoms with Gasteiger partial charge in [0.25, 0.3) is 0 Å². The Kier molecular flexibility index (Phi) is 4.65. The van der Waals surface area contributed by atoms with Crippen molar-refractivity contribution in [3.63, 3.8) is 0 Å². The Morgan fingerprint density at radius 2 is 2.06 bits per heavy atom. The van der Waals surface area contributed by atoms with Crippen LogP contribution in [0.5, 0.6) is 0 Å². The topological polar surface area (TPSA) is 76.3 Å². The number of pyridine rings is 1. The van der Waals surface area contributed by atoms with E-state index in [4.69, 9.17) is 5.73 Å². The Morgan fingerprint density at radius 1 is 1.39 bits per heavy atom. The van der Waals surface area contributed by atoms with Crippen LogP contribution in [0.4, 0.5) is 13.2 Å². The molecule has 102 valence electrons. The zero-order chi connectivity index (χ0) is 13.8. The second-order valence-electron chi connectivity index (χ2n) is 3.43. The monoisotopic (exact) mass is 283 g/mol. The smallest absolute Gasteiger partial charge is 0.329 e. The van der Waals surface area contributed by atoms with Gasteiger partial charge >= 0.3 is 6.18 Å². The molecular formula is C9H12F3N3O2S. The second-order valence-corrected chi connectivity index (χ2v) is 5.37. The average Bonchev–Trinajstić information content (AvgIpc) is 2.28. The lowest BCUT2D eigenvalue weighted by Crippen LogP contribution is -2.41. The van der Waals surface area contributed by atoms with Crippen LogP contribution < -0.4 is 5.73 Å². The molecule has 9 heteroatoms. The first-order valence-corrected chi connectivity index (χ1v) is 6.38. The van der Waals surface area contributed by atoms with Crippen molar-refractivity contribution in [1.29, 1.82) is 0 Å². The van der Waals surface area contributed by atoms with E-state index in [1.165, 1.54) is 18.3 Å². The molecular weight excluding hydrogens is 271 g/mol. The lowest BCUT2D eigenvalue weighted by atomic mass is 10.5. The molecule has 0 amide bonds. The fourth-order valence-corrected chi connectivity index (χ4v) is 2.68. The number of hydrogen-bond acceptors (Lipinski definition) is 4. The van der Waals surface area contributed by atoms with Crippen molar-refractivity contribution in [2.45, 2.75) is 11.1 Å². The Labute approximate surface area is 102 Å². The molecule has 0 unspecified atom stereocenters. The fourth-order valence-electron chi connectivity index (χ4n) is 1.28. The molecule has 0 atom stereocenters. The maximum absolute atomic E-state index is 12.3. The van der Waals surface area contributed by atoms with Crippen LogP contribution in [0, 0.1) is 0 Å². The molecule has 1 rings (SSSR count). The van der Waals surface area contributed by atoms with Crippen molar-refractivity contribution in [2.75, 3.05) is 19.6 Å². The van der Waals surface area contributed by atoms with Gasteiger partial charge in [0.05, 0.1) is 0 Å². The molecule has 0 saturated heterocycles. The SMILES string of the molecule is NCCN(CC(F)(F)F)S(=O)(=O)c1cccnc1. The van der Waals surface area contributed by atoms with E-state index < -0.39 is 29.3 Å². The first-order chi connectivity index (χ1) is 8.27. The summed E-state index contributed by atoms with van der Waals surface area (Å²) in [7, 11) is -4.23. The third-order valence-corrected chi connectivity index (χ3v) is 3.84. The van der Waals surface area contributed by atoms with Gasteiger partial charge in [0, 0.05) is 25.5 Å². The van der Waals surface area contributed by atoms with Crippen molar-refractivity contribution in [3.8, 4) is 0 Å². The molecule has 5 nitrogen and oxygen atoms in total. The molecule has 0 fully saturated rings. The van der Waals surface area contributed by atoms with Crippen molar-refractivity contribution < 1.29 is 21.6 Å². The van der Waals surface area contributed by atoms with Gasteiger partial charge in [0.15, 0.2) is 0 Å². The summed E-state index contributed by atoms with van der Waals surface area (Å²) < 4.78 is 61.1. The molecule has 0 aliphatic heterocycles. The number of sulfonamides is 1. The lowest BCUT2D eigenvalue weighted by Gasteiger charge is -2.22. The van der Waals surface area contributed by atoms with Crippen LogP contribution in [-0.4, -0.2) is 43.5 Å². The van der Waals surface area contributed by atoms with E-state index in [0.717, 1.165) is 6.20 Å². The summed E-state index contributed by atoms with van der Waals surface area (Å²) in [6.07, 6.45) is -2.30. The summed E-state index contributed by atoms with van der Waals surface area (Å²) in [4.78, 5) is 3.28. The third-order valence-electron chi connectivity index (χ3n) is 2.01. The fraction of sp³-hybridized carbons (Fsp3) is 0.444. The first kappa shape index (κ1) is 14.9. The Morgan fingerprint density at radius 3 is 2.50 bits per heavy atom. The molecule has 0 aliphatic carbocycles. The molecule has 0 spiro atoms. The number of rotatable bonds is 5. The molecule has 2 N–H and O–H groups in total. The Hall–Kier alpha value is -1.19. The summed E-state index contributed by atoms with van der Waals surface area (Å²) in [6.45, 7) is -2.17. The van der Waals surface area contributed by atoms with Crippen LogP contribution in [0.2, 0.25) is 0 Å². The van der Waals surface area contributed by atoms with Gasteiger partial charge in [-0.3, -0.25) is 4.98 Å². The van der Waals surface area contributed by atoms with Crippen LogP contribution in [0.25, 0.3) is 0 Å². The van der Waals surface area contributed by atoms with E-state index in [9.17, 15) is 21.6 Å². The van der Waals surface area contributed by atoms with Crippen LogP contribution in [0.15, 0.2) is 29.4 Å². The molecule has 1 aromatic heterocycles. The predicted molar refractivity (Wildman–Crippen MR) is 58.1 cm³/mol. The molecule has 18 heavy (non-hydrogen) atoms. The predicted octanol–water partition coefficient (Wildman–Crippen LogP) is 0.593. The van der Waals surface area contributed by atoms with E-state index in [1.807, 2.05) is 0 Å². The van der Waals surface area contributed by atoms with Crippen LogP contribution in [-0.2, 0) is 10.0 Å². The van der Waals surface area contributed by atoms with Gasteiger partial charge in [0.1, 0.15) is 11.4 Å².